The van der Waals surface area contributed by atoms with E-state index in [0.29, 0.717) is 6.29 Å². The number of alkyl halides is 3. The standard InChI is InChI=1S/C15H18F3NO4/c1-14(2,3)23-13(21)19-11(8-20)9-5-6-10(15(16,17)18)12(7-9)22-4/h5-8,11H,1-4H3,(H,19,21). The van der Waals surface area contributed by atoms with Gasteiger partial charge < -0.3 is 19.6 Å². The summed E-state index contributed by atoms with van der Waals surface area (Å²) in [5.41, 5.74) is -1.59. The molecule has 1 amide bonds. The van der Waals surface area contributed by atoms with E-state index in [1.54, 1.807) is 20.8 Å². The van der Waals surface area contributed by atoms with Gasteiger partial charge in [-0.2, -0.15) is 13.2 Å². The zero-order valence-corrected chi connectivity index (χ0v) is 13.2. The summed E-state index contributed by atoms with van der Waals surface area (Å²) in [4.78, 5) is 22.8. The molecular weight excluding hydrogens is 315 g/mol. The van der Waals surface area contributed by atoms with E-state index in [-0.39, 0.29) is 5.56 Å². The van der Waals surface area contributed by atoms with Crippen LogP contribution in [0.15, 0.2) is 18.2 Å². The van der Waals surface area contributed by atoms with E-state index in [9.17, 15) is 22.8 Å². The molecule has 5 nitrogen and oxygen atoms in total. The van der Waals surface area contributed by atoms with Gasteiger partial charge in [-0.25, -0.2) is 4.79 Å². The Hall–Kier alpha value is -2.25. The fourth-order valence-corrected chi connectivity index (χ4v) is 1.77. The number of carbonyl (C=O) groups excluding carboxylic acids is 2. The molecule has 0 aromatic heterocycles. The Morgan fingerprint density at radius 3 is 2.30 bits per heavy atom. The monoisotopic (exact) mass is 333 g/mol. The van der Waals surface area contributed by atoms with E-state index in [2.05, 4.69) is 5.32 Å². The number of carbonyl (C=O) groups is 2. The molecule has 1 unspecified atom stereocenters. The maximum atomic E-state index is 12.8. The number of hydrogen-bond donors (Lipinski definition) is 1. The molecule has 0 aliphatic heterocycles. The second-order valence-electron chi connectivity index (χ2n) is 5.72. The molecule has 1 atom stereocenters. The quantitative estimate of drug-likeness (QED) is 0.857. The lowest BCUT2D eigenvalue weighted by atomic mass is 10.0. The van der Waals surface area contributed by atoms with Crippen LogP contribution in [0.4, 0.5) is 18.0 Å². The Balaban J connectivity index is 3.03. The van der Waals surface area contributed by atoms with Gasteiger partial charge in [-0.3, -0.25) is 0 Å². The molecule has 23 heavy (non-hydrogen) atoms. The van der Waals surface area contributed by atoms with E-state index in [4.69, 9.17) is 9.47 Å². The minimum absolute atomic E-state index is 0.149. The van der Waals surface area contributed by atoms with E-state index >= 15 is 0 Å². The summed E-state index contributed by atoms with van der Waals surface area (Å²) in [5, 5.41) is 2.28. The Morgan fingerprint density at radius 1 is 1.26 bits per heavy atom. The first kappa shape index (κ1) is 18.8. The predicted octanol–water partition coefficient (Wildman–Crippen LogP) is 3.48. The molecule has 0 fully saturated rings. The first-order valence-electron chi connectivity index (χ1n) is 6.68. The van der Waals surface area contributed by atoms with Crippen LogP contribution in [0.25, 0.3) is 0 Å². The molecule has 0 aliphatic carbocycles. The number of nitrogens with one attached hydrogen (secondary N) is 1. The SMILES string of the molecule is COc1cc(C(C=O)NC(=O)OC(C)(C)C)ccc1C(F)(F)F. The van der Waals surface area contributed by atoms with Gasteiger partial charge in [0.2, 0.25) is 0 Å². The Morgan fingerprint density at radius 2 is 1.87 bits per heavy atom. The van der Waals surface area contributed by atoms with Crippen LogP contribution in [0.3, 0.4) is 0 Å². The van der Waals surface area contributed by atoms with Crippen molar-refractivity contribution in [2.75, 3.05) is 7.11 Å². The van der Waals surface area contributed by atoms with Crippen molar-refractivity contribution in [2.24, 2.45) is 0 Å². The van der Waals surface area contributed by atoms with Gasteiger partial charge in [0.1, 0.15) is 23.7 Å². The highest BCUT2D eigenvalue weighted by atomic mass is 19.4. The Labute approximate surface area is 131 Å². The van der Waals surface area contributed by atoms with E-state index < -0.39 is 35.2 Å². The third-order valence-electron chi connectivity index (χ3n) is 2.70. The average Bonchev–Trinajstić information content (AvgIpc) is 2.41. The predicted molar refractivity (Wildman–Crippen MR) is 76.2 cm³/mol. The Bertz CT molecular complexity index is 579. The molecular formula is C15H18F3NO4. The van der Waals surface area contributed by atoms with Gasteiger partial charge in [0.25, 0.3) is 0 Å². The van der Waals surface area contributed by atoms with Gasteiger partial charge in [0, 0.05) is 0 Å². The van der Waals surface area contributed by atoms with Crippen molar-refractivity contribution < 1.29 is 32.2 Å². The second kappa shape index (κ2) is 6.89. The van der Waals surface area contributed by atoms with Crippen LogP contribution < -0.4 is 10.1 Å². The largest absolute Gasteiger partial charge is 0.496 e. The average molecular weight is 333 g/mol. The highest BCUT2D eigenvalue weighted by molar-refractivity contribution is 5.74. The number of halogens is 3. The summed E-state index contributed by atoms with van der Waals surface area (Å²) in [7, 11) is 1.09. The number of hydrogen-bond acceptors (Lipinski definition) is 4. The first-order valence-corrected chi connectivity index (χ1v) is 6.68. The number of aldehydes is 1. The van der Waals surface area contributed by atoms with E-state index in [0.717, 1.165) is 25.3 Å². The van der Waals surface area contributed by atoms with Crippen molar-refractivity contribution in [1.82, 2.24) is 5.32 Å². The molecule has 128 valence electrons. The summed E-state index contributed by atoms with van der Waals surface area (Å²) >= 11 is 0. The van der Waals surface area contributed by atoms with Crippen LogP contribution in [0.5, 0.6) is 5.75 Å². The first-order chi connectivity index (χ1) is 10.5. The fourth-order valence-electron chi connectivity index (χ4n) is 1.77. The summed E-state index contributed by atoms with van der Waals surface area (Å²) < 4.78 is 48.1. The van der Waals surface area contributed by atoms with Crippen LogP contribution in [-0.4, -0.2) is 25.1 Å². The molecule has 0 spiro atoms. The number of methoxy groups -OCH3 is 1. The normalized spacial score (nSPS) is 13.2. The van der Waals surface area contributed by atoms with Crippen molar-refractivity contribution in [2.45, 2.75) is 38.6 Å². The summed E-state index contributed by atoms with van der Waals surface area (Å²) in [5.74, 6) is -0.437. The van der Waals surface area contributed by atoms with Crippen LogP contribution in [0.1, 0.15) is 37.9 Å². The highest BCUT2D eigenvalue weighted by Crippen LogP contribution is 2.37. The molecule has 1 aromatic carbocycles. The van der Waals surface area contributed by atoms with Crippen molar-refractivity contribution in [3.63, 3.8) is 0 Å². The number of amides is 1. The minimum atomic E-state index is -4.58. The number of benzene rings is 1. The summed E-state index contributed by atoms with van der Waals surface area (Å²) in [6, 6.07) is 1.80. The van der Waals surface area contributed by atoms with Gasteiger partial charge in [0.05, 0.1) is 12.7 Å². The van der Waals surface area contributed by atoms with Gasteiger partial charge in [-0.05, 0) is 38.5 Å². The van der Waals surface area contributed by atoms with Crippen molar-refractivity contribution in [3.8, 4) is 5.75 Å². The molecule has 1 N–H and O–H groups in total. The van der Waals surface area contributed by atoms with E-state index in [1.807, 2.05) is 0 Å². The van der Waals surface area contributed by atoms with Gasteiger partial charge >= 0.3 is 12.3 Å². The smallest absolute Gasteiger partial charge is 0.419 e. The zero-order valence-electron chi connectivity index (χ0n) is 13.2. The lowest BCUT2D eigenvalue weighted by Crippen LogP contribution is -2.35. The van der Waals surface area contributed by atoms with Crippen molar-refractivity contribution in [3.05, 3.63) is 29.3 Å². The third kappa shape index (κ3) is 5.46. The molecule has 0 radical (unpaired) electrons. The zero-order chi connectivity index (χ0) is 17.8. The van der Waals surface area contributed by atoms with Crippen LogP contribution >= 0.6 is 0 Å². The van der Waals surface area contributed by atoms with Crippen LogP contribution in [0, 0.1) is 0 Å². The van der Waals surface area contributed by atoms with E-state index in [1.165, 1.54) is 0 Å². The van der Waals surface area contributed by atoms with Gasteiger partial charge in [0.15, 0.2) is 0 Å². The number of alkyl carbamates (subject to hydrolysis) is 1. The van der Waals surface area contributed by atoms with Crippen LogP contribution in [0.2, 0.25) is 0 Å². The molecule has 0 saturated carbocycles. The van der Waals surface area contributed by atoms with Gasteiger partial charge in [-0.1, -0.05) is 6.07 Å². The minimum Gasteiger partial charge on any atom is -0.496 e. The molecule has 8 heteroatoms. The molecule has 1 aromatic rings. The lowest BCUT2D eigenvalue weighted by molar-refractivity contribution is -0.138. The van der Waals surface area contributed by atoms with Crippen molar-refractivity contribution >= 4 is 12.4 Å². The topological polar surface area (TPSA) is 64.6 Å². The maximum Gasteiger partial charge on any atom is 0.419 e. The molecule has 0 saturated heterocycles. The fraction of sp³-hybridized carbons (Fsp3) is 0.467. The number of rotatable bonds is 4. The summed E-state index contributed by atoms with van der Waals surface area (Å²) in [6.45, 7) is 4.93. The third-order valence-corrected chi connectivity index (χ3v) is 2.70. The maximum absolute atomic E-state index is 12.8. The lowest BCUT2D eigenvalue weighted by Gasteiger charge is -2.22. The van der Waals surface area contributed by atoms with Crippen LogP contribution in [-0.2, 0) is 15.7 Å². The summed E-state index contributed by atoms with van der Waals surface area (Å²) in [6.07, 6.45) is -5.04. The van der Waals surface area contributed by atoms with Gasteiger partial charge in [-0.15, -0.1) is 0 Å². The molecule has 0 aliphatic rings. The Kier molecular flexibility index (Phi) is 5.63. The molecule has 1 rings (SSSR count). The highest BCUT2D eigenvalue weighted by Gasteiger charge is 2.34. The number of ether oxygens (including phenoxy) is 2. The molecule has 0 bridgehead atoms. The van der Waals surface area contributed by atoms with Crippen molar-refractivity contribution in [1.29, 1.82) is 0 Å². The molecule has 0 heterocycles. The second-order valence-corrected chi connectivity index (χ2v) is 5.72.